The van der Waals surface area contributed by atoms with Gasteiger partial charge in [0.1, 0.15) is 5.69 Å². The Labute approximate surface area is 205 Å². The molecule has 1 aliphatic heterocycles. The van der Waals surface area contributed by atoms with E-state index in [1.807, 2.05) is 26.8 Å². The topological polar surface area (TPSA) is 96.8 Å². The molecule has 35 heavy (non-hydrogen) atoms. The summed E-state index contributed by atoms with van der Waals surface area (Å²) in [7, 11) is 0. The van der Waals surface area contributed by atoms with Crippen LogP contribution in [0.3, 0.4) is 0 Å². The molecule has 1 saturated heterocycles. The zero-order chi connectivity index (χ0) is 25.2. The molecule has 8 nitrogen and oxygen atoms in total. The molecule has 1 amide bonds. The maximum Gasteiger partial charge on any atom is 0.445 e. The number of carbonyl (C=O) groups is 1. The molecule has 3 aromatic rings. The summed E-state index contributed by atoms with van der Waals surface area (Å²) >= 11 is 0.457. The van der Waals surface area contributed by atoms with Gasteiger partial charge in [-0.05, 0) is 49.8 Å². The second-order valence-electron chi connectivity index (χ2n) is 8.32. The molecule has 0 bridgehead atoms. The minimum atomic E-state index is -4.53. The highest BCUT2D eigenvalue weighted by atomic mass is 32.1. The summed E-state index contributed by atoms with van der Waals surface area (Å²) in [6.07, 6.45) is 0.509. The lowest BCUT2D eigenvalue weighted by molar-refractivity contribution is -0.138. The SMILES string of the molecule is CC.Cc1ccc(-c2ncccn2)c(C(=O)N2CC3CC3CC2CNc2nnc(C(F)(F)F)s2)n1. The first kappa shape index (κ1) is 25.0. The van der Waals surface area contributed by atoms with Crippen molar-refractivity contribution < 1.29 is 18.0 Å². The Hall–Kier alpha value is -3.15. The molecule has 3 aromatic heterocycles. The van der Waals surface area contributed by atoms with E-state index < -0.39 is 11.2 Å². The standard InChI is InChI=1S/C21H20F3N7OS.C2H6/c1-11-3-4-15(17-25-5-2-6-26-17)16(28-11)18(32)31-10-13-7-12(13)8-14(31)9-27-20-30-29-19(33-20)21(22,23)24;1-2/h2-6,12-14H,7-10H2,1H3,(H,27,30);1-2H3. The van der Waals surface area contributed by atoms with Crippen molar-refractivity contribution in [2.24, 2.45) is 11.8 Å². The van der Waals surface area contributed by atoms with E-state index in [4.69, 9.17) is 0 Å². The van der Waals surface area contributed by atoms with Gasteiger partial charge in [0.15, 0.2) is 5.82 Å². The van der Waals surface area contributed by atoms with E-state index in [2.05, 4.69) is 30.5 Å². The molecule has 1 saturated carbocycles. The quantitative estimate of drug-likeness (QED) is 0.537. The molecule has 0 aromatic carbocycles. The fraction of sp³-hybridized carbons (Fsp3) is 0.478. The Kier molecular flexibility index (Phi) is 7.29. The molecular formula is C23H26F3N7OS. The number of aromatic nitrogens is 5. The van der Waals surface area contributed by atoms with Crippen molar-refractivity contribution in [1.29, 1.82) is 0 Å². The first-order valence-electron chi connectivity index (χ1n) is 11.5. The number of piperidine rings is 1. The summed E-state index contributed by atoms with van der Waals surface area (Å²) in [5.74, 6) is 1.16. The lowest BCUT2D eigenvalue weighted by Gasteiger charge is -2.35. The van der Waals surface area contributed by atoms with Gasteiger partial charge in [-0.2, -0.15) is 13.2 Å². The molecule has 2 fully saturated rings. The number of pyridine rings is 1. The van der Waals surface area contributed by atoms with E-state index in [-0.39, 0.29) is 29.3 Å². The second kappa shape index (κ2) is 10.2. The summed E-state index contributed by atoms with van der Waals surface area (Å²) in [5, 5.41) is 8.83. The van der Waals surface area contributed by atoms with Gasteiger partial charge in [0, 0.05) is 37.2 Å². The smallest absolute Gasteiger partial charge is 0.358 e. The van der Waals surface area contributed by atoms with E-state index in [1.165, 1.54) is 0 Å². The predicted molar refractivity (Wildman–Crippen MR) is 126 cm³/mol. The van der Waals surface area contributed by atoms with E-state index in [1.54, 1.807) is 29.4 Å². The summed E-state index contributed by atoms with van der Waals surface area (Å²) in [6.45, 7) is 6.68. The molecule has 5 rings (SSSR count). The molecule has 2 aliphatic rings. The third-order valence-corrected chi connectivity index (χ3v) is 6.90. The molecule has 1 aliphatic carbocycles. The maximum atomic E-state index is 13.7. The predicted octanol–water partition coefficient (Wildman–Crippen LogP) is 4.71. The Morgan fingerprint density at radius 1 is 1.14 bits per heavy atom. The third-order valence-electron chi connectivity index (χ3n) is 5.98. The van der Waals surface area contributed by atoms with Crippen LogP contribution in [0.25, 0.3) is 11.4 Å². The average molecular weight is 506 g/mol. The van der Waals surface area contributed by atoms with Crippen LogP contribution in [0.15, 0.2) is 30.6 Å². The van der Waals surface area contributed by atoms with Gasteiger partial charge in [0.2, 0.25) is 10.1 Å². The maximum absolute atomic E-state index is 13.7. The van der Waals surface area contributed by atoms with Crippen molar-refractivity contribution >= 4 is 22.4 Å². The van der Waals surface area contributed by atoms with Crippen LogP contribution < -0.4 is 5.32 Å². The van der Waals surface area contributed by atoms with Gasteiger partial charge in [-0.15, -0.1) is 10.2 Å². The van der Waals surface area contributed by atoms with E-state index in [9.17, 15) is 18.0 Å². The Morgan fingerprint density at radius 2 is 1.89 bits per heavy atom. The minimum absolute atomic E-state index is 0.0831. The molecule has 12 heteroatoms. The number of hydrogen-bond donors (Lipinski definition) is 1. The minimum Gasteiger partial charge on any atom is -0.358 e. The van der Waals surface area contributed by atoms with Crippen molar-refractivity contribution in [2.75, 3.05) is 18.4 Å². The van der Waals surface area contributed by atoms with Crippen LogP contribution in [0.1, 0.15) is 47.9 Å². The number of nitrogens with one attached hydrogen (secondary N) is 1. The lowest BCUT2D eigenvalue weighted by Crippen LogP contribution is -2.48. The summed E-state index contributed by atoms with van der Waals surface area (Å²) < 4.78 is 38.5. The molecule has 0 radical (unpaired) electrons. The second-order valence-corrected chi connectivity index (χ2v) is 9.29. The molecule has 0 spiro atoms. The van der Waals surface area contributed by atoms with Crippen molar-refractivity contribution in [2.45, 2.75) is 45.8 Å². The van der Waals surface area contributed by atoms with Crippen LogP contribution in [0.5, 0.6) is 0 Å². The van der Waals surface area contributed by atoms with Crippen LogP contribution in [0.2, 0.25) is 0 Å². The number of carbonyl (C=O) groups excluding carboxylic acids is 1. The van der Waals surface area contributed by atoms with Crippen molar-refractivity contribution in [3.8, 4) is 11.4 Å². The van der Waals surface area contributed by atoms with E-state index >= 15 is 0 Å². The van der Waals surface area contributed by atoms with Crippen LogP contribution >= 0.6 is 11.3 Å². The number of hydrogen-bond acceptors (Lipinski definition) is 8. The van der Waals surface area contributed by atoms with Gasteiger partial charge in [0.25, 0.3) is 5.91 Å². The molecule has 1 N–H and O–H groups in total. The number of halogens is 3. The highest BCUT2D eigenvalue weighted by Gasteiger charge is 2.47. The van der Waals surface area contributed by atoms with E-state index in [0.717, 1.165) is 12.8 Å². The summed E-state index contributed by atoms with van der Waals surface area (Å²) in [5.41, 5.74) is 1.53. The fourth-order valence-corrected chi connectivity index (χ4v) is 4.85. The van der Waals surface area contributed by atoms with Gasteiger partial charge in [-0.3, -0.25) is 4.79 Å². The van der Waals surface area contributed by atoms with Crippen molar-refractivity contribution in [3.05, 3.63) is 47.0 Å². The largest absolute Gasteiger partial charge is 0.445 e. The normalized spacial score (nSPS) is 21.0. The van der Waals surface area contributed by atoms with E-state index in [0.29, 0.717) is 46.8 Å². The number of amides is 1. The van der Waals surface area contributed by atoms with Gasteiger partial charge in [-0.25, -0.2) is 15.0 Å². The Bertz CT molecular complexity index is 1170. The first-order chi connectivity index (χ1) is 16.8. The Morgan fingerprint density at radius 3 is 2.57 bits per heavy atom. The number of aryl methyl sites for hydroxylation is 1. The zero-order valence-electron chi connectivity index (χ0n) is 19.6. The number of alkyl halides is 3. The van der Waals surface area contributed by atoms with Crippen LogP contribution in [-0.4, -0.2) is 55.1 Å². The fourth-order valence-electron chi connectivity index (χ4n) is 4.23. The molecular weight excluding hydrogens is 479 g/mol. The van der Waals surface area contributed by atoms with Gasteiger partial charge < -0.3 is 10.2 Å². The highest BCUT2D eigenvalue weighted by molar-refractivity contribution is 7.15. The molecule has 186 valence electrons. The first-order valence-corrected chi connectivity index (χ1v) is 12.3. The number of nitrogens with zero attached hydrogens (tertiary/aromatic N) is 6. The summed E-state index contributed by atoms with van der Waals surface area (Å²) in [4.78, 5) is 28.5. The van der Waals surface area contributed by atoms with Crippen LogP contribution in [0.4, 0.5) is 18.3 Å². The number of fused-ring (bicyclic) bond motifs is 1. The number of anilines is 1. The van der Waals surface area contributed by atoms with Crippen molar-refractivity contribution in [3.63, 3.8) is 0 Å². The van der Waals surface area contributed by atoms with Crippen molar-refractivity contribution in [1.82, 2.24) is 30.0 Å². The number of likely N-dealkylation sites (tertiary alicyclic amines) is 1. The summed E-state index contributed by atoms with van der Waals surface area (Å²) in [6, 6.07) is 5.10. The number of rotatable bonds is 5. The van der Waals surface area contributed by atoms with Gasteiger partial charge in [-0.1, -0.05) is 25.2 Å². The molecule has 3 unspecified atom stereocenters. The van der Waals surface area contributed by atoms with Crippen LogP contribution in [0, 0.1) is 18.8 Å². The Balaban J connectivity index is 0.00000141. The third kappa shape index (κ3) is 5.58. The van der Waals surface area contributed by atoms with Gasteiger partial charge >= 0.3 is 6.18 Å². The zero-order valence-corrected chi connectivity index (χ0v) is 20.4. The average Bonchev–Trinajstić information content (AvgIpc) is 3.45. The molecule has 4 heterocycles. The highest BCUT2D eigenvalue weighted by Crippen LogP contribution is 2.47. The molecule has 3 atom stereocenters. The lowest BCUT2D eigenvalue weighted by atomic mass is 10.0. The van der Waals surface area contributed by atoms with Gasteiger partial charge in [0.05, 0.1) is 5.56 Å². The monoisotopic (exact) mass is 505 g/mol. The van der Waals surface area contributed by atoms with Crippen LogP contribution in [-0.2, 0) is 6.18 Å².